The monoisotopic (exact) mass is 380 g/mol. The average molecular weight is 380 g/mol. The molecule has 2 unspecified atom stereocenters. The van der Waals surface area contributed by atoms with Gasteiger partial charge in [-0.15, -0.1) is 0 Å². The summed E-state index contributed by atoms with van der Waals surface area (Å²) in [6.07, 6.45) is -0.244. The molecule has 7 heteroatoms. The minimum atomic E-state index is -2.99. The van der Waals surface area contributed by atoms with E-state index in [2.05, 4.69) is 9.97 Å². The van der Waals surface area contributed by atoms with Crippen LogP contribution in [0.5, 0.6) is 5.88 Å². The van der Waals surface area contributed by atoms with Crippen LogP contribution in [0.25, 0.3) is 0 Å². The van der Waals surface area contributed by atoms with Crippen LogP contribution < -0.4 is 4.52 Å². The summed E-state index contributed by atoms with van der Waals surface area (Å²) in [5, 5.41) is 0. The second-order valence-electron chi connectivity index (χ2n) is 5.98. The molecule has 25 heavy (non-hydrogen) atoms. The van der Waals surface area contributed by atoms with Gasteiger partial charge in [0.05, 0.1) is 12.7 Å². The summed E-state index contributed by atoms with van der Waals surface area (Å²) in [7, 11) is 0. The van der Waals surface area contributed by atoms with Crippen molar-refractivity contribution in [1.29, 1.82) is 0 Å². The maximum Gasteiger partial charge on any atom is 0.382 e. The van der Waals surface area contributed by atoms with Gasteiger partial charge in [-0.25, -0.2) is 4.98 Å². The van der Waals surface area contributed by atoms with E-state index in [1.165, 1.54) is 0 Å². The van der Waals surface area contributed by atoms with Crippen molar-refractivity contribution < 1.29 is 13.6 Å². The van der Waals surface area contributed by atoms with Gasteiger partial charge in [-0.05, 0) is 26.3 Å². The number of aromatic nitrogens is 2. The predicted octanol–water partition coefficient (Wildman–Crippen LogP) is 5.33. The van der Waals surface area contributed by atoms with Gasteiger partial charge >= 0.3 is 6.72 Å². The molecule has 0 saturated carbocycles. The summed E-state index contributed by atoms with van der Waals surface area (Å²) in [4.78, 5) is 8.87. The molecule has 0 amide bonds. The Morgan fingerprint density at radius 2 is 1.80 bits per heavy atom. The van der Waals surface area contributed by atoms with E-state index >= 15 is 0 Å². The first-order chi connectivity index (χ1) is 11.8. The SMILES string of the molecule is CCOP(=S)(Oc1cc(C)nc(C(C)C)n1)OC(C)c1ccccc1. The van der Waals surface area contributed by atoms with Crippen molar-refractivity contribution in [2.75, 3.05) is 6.61 Å². The van der Waals surface area contributed by atoms with E-state index in [1.807, 2.05) is 65.0 Å². The van der Waals surface area contributed by atoms with Crippen LogP contribution in [0.1, 0.15) is 56.8 Å². The number of nitrogens with zero attached hydrogens (tertiary/aromatic N) is 2. The molecule has 1 heterocycles. The molecule has 2 atom stereocenters. The lowest BCUT2D eigenvalue weighted by Gasteiger charge is -2.25. The molecule has 5 nitrogen and oxygen atoms in total. The molecule has 2 aromatic rings. The Balaban J connectivity index is 2.23. The van der Waals surface area contributed by atoms with E-state index in [0.29, 0.717) is 18.3 Å². The van der Waals surface area contributed by atoms with Crippen LogP contribution >= 0.6 is 6.72 Å². The van der Waals surface area contributed by atoms with Crippen LogP contribution in [0.15, 0.2) is 36.4 Å². The Kier molecular flexibility index (Phi) is 7.08. The smallest absolute Gasteiger partial charge is 0.382 e. The summed E-state index contributed by atoms with van der Waals surface area (Å²) < 4.78 is 17.7. The van der Waals surface area contributed by atoms with Gasteiger partial charge in [0.2, 0.25) is 5.88 Å². The Hall–Kier alpha value is -1.33. The van der Waals surface area contributed by atoms with Crippen LogP contribution in [0.3, 0.4) is 0 Å². The topological polar surface area (TPSA) is 53.5 Å². The quantitative estimate of drug-likeness (QED) is 0.577. The zero-order chi connectivity index (χ0) is 18.4. The molecule has 0 spiro atoms. The third-order valence-corrected chi connectivity index (χ3v) is 5.77. The van der Waals surface area contributed by atoms with E-state index in [4.69, 9.17) is 25.4 Å². The Morgan fingerprint density at radius 3 is 2.40 bits per heavy atom. The fraction of sp³-hybridized carbons (Fsp3) is 0.444. The van der Waals surface area contributed by atoms with Gasteiger partial charge in [-0.3, -0.25) is 9.05 Å². The fourth-order valence-electron chi connectivity index (χ4n) is 2.20. The zero-order valence-electron chi connectivity index (χ0n) is 15.3. The van der Waals surface area contributed by atoms with E-state index in [1.54, 1.807) is 6.07 Å². The van der Waals surface area contributed by atoms with Crippen molar-refractivity contribution >= 4 is 18.5 Å². The van der Waals surface area contributed by atoms with Crippen LogP contribution in [-0.4, -0.2) is 16.6 Å². The van der Waals surface area contributed by atoms with E-state index in [0.717, 1.165) is 11.3 Å². The molecular formula is C18H25N2O3PS. The molecular weight excluding hydrogens is 355 g/mol. The molecule has 0 bridgehead atoms. The molecule has 0 aliphatic carbocycles. The third-order valence-electron chi connectivity index (χ3n) is 3.41. The molecule has 0 fully saturated rings. The summed E-state index contributed by atoms with van der Waals surface area (Å²) in [6.45, 7) is 7.18. The van der Waals surface area contributed by atoms with E-state index in [-0.39, 0.29) is 12.0 Å². The lowest BCUT2D eigenvalue weighted by Crippen LogP contribution is -2.08. The highest BCUT2D eigenvalue weighted by molar-refractivity contribution is 8.07. The third kappa shape index (κ3) is 5.86. The van der Waals surface area contributed by atoms with Crippen molar-refractivity contribution in [2.24, 2.45) is 0 Å². The van der Waals surface area contributed by atoms with Crippen LogP contribution in [0.4, 0.5) is 0 Å². The zero-order valence-corrected chi connectivity index (χ0v) is 17.0. The van der Waals surface area contributed by atoms with E-state index in [9.17, 15) is 0 Å². The van der Waals surface area contributed by atoms with Gasteiger partial charge < -0.3 is 4.52 Å². The average Bonchev–Trinajstić information content (AvgIpc) is 2.54. The van der Waals surface area contributed by atoms with Crippen molar-refractivity contribution in [3.8, 4) is 5.88 Å². The first kappa shape index (κ1) is 20.0. The lowest BCUT2D eigenvalue weighted by molar-refractivity contribution is 0.160. The largest absolute Gasteiger partial charge is 0.406 e. The first-order valence-corrected chi connectivity index (χ1v) is 10.9. The lowest BCUT2D eigenvalue weighted by atomic mass is 10.1. The molecule has 1 aromatic carbocycles. The molecule has 136 valence electrons. The standard InChI is InChI=1S/C18H25N2O3PS/c1-6-21-24(25,22-15(5)16-10-8-7-9-11-16)23-17-12-14(4)19-18(20-17)13(2)3/h7-13,15H,6H2,1-5H3. The molecule has 0 saturated heterocycles. The number of benzene rings is 1. The maximum absolute atomic E-state index is 6.03. The highest BCUT2D eigenvalue weighted by atomic mass is 32.5. The Morgan fingerprint density at radius 1 is 1.12 bits per heavy atom. The number of hydrogen-bond acceptors (Lipinski definition) is 6. The van der Waals surface area contributed by atoms with Crippen LogP contribution in [0, 0.1) is 6.92 Å². The van der Waals surface area contributed by atoms with Crippen molar-refractivity contribution in [1.82, 2.24) is 9.97 Å². The minimum absolute atomic E-state index is 0.191. The van der Waals surface area contributed by atoms with Gasteiger partial charge in [0, 0.05) is 29.5 Å². The number of rotatable bonds is 8. The summed E-state index contributed by atoms with van der Waals surface area (Å²) >= 11 is 5.60. The molecule has 0 N–H and O–H groups in total. The van der Waals surface area contributed by atoms with Gasteiger partial charge in [0.25, 0.3) is 0 Å². The molecule has 1 aromatic heterocycles. The first-order valence-electron chi connectivity index (χ1n) is 8.36. The summed E-state index contributed by atoms with van der Waals surface area (Å²) in [6, 6.07) is 11.6. The Labute approximate surface area is 155 Å². The van der Waals surface area contributed by atoms with Gasteiger partial charge in [-0.2, -0.15) is 4.98 Å². The maximum atomic E-state index is 6.03. The van der Waals surface area contributed by atoms with Gasteiger partial charge in [-0.1, -0.05) is 44.2 Å². The van der Waals surface area contributed by atoms with Gasteiger partial charge in [0.15, 0.2) is 0 Å². The Bertz CT molecular complexity index is 740. The van der Waals surface area contributed by atoms with E-state index < -0.39 is 6.72 Å². The van der Waals surface area contributed by atoms with Crippen molar-refractivity contribution in [2.45, 2.75) is 46.6 Å². The normalized spacial score (nSPS) is 15.0. The second-order valence-corrected chi connectivity index (χ2v) is 8.86. The second kappa shape index (κ2) is 8.86. The highest BCUT2D eigenvalue weighted by Crippen LogP contribution is 2.53. The molecule has 0 aliphatic rings. The van der Waals surface area contributed by atoms with Crippen molar-refractivity contribution in [3.05, 3.63) is 53.5 Å². The molecule has 2 rings (SSSR count). The summed E-state index contributed by atoms with van der Waals surface area (Å²) in [5.74, 6) is 1.30. The van der Waals surface area contributed by atoms with Crippen LogP contribution in [-0.2, 0) is 20.9 Å². The molecule has 0 radical (unpaired) electrons. The van der Waals surface area contributed by atoms with Gasteiger partial charge in [0.1, 0.15) is 5.82 Å². The summed E-state index contributed by atoms with van der Waals surface area (Å²) in [5.41, 5.74) is 1.84. The molecule has 0 aliphatic heterocycles. The number of hydrogen-bond donors (Lipinski definition) is 0. The predicted molar refractivity (Wildman–Crippen MR) is 103 cm³/mol. The highest BCUT2D eigenvalue weighted by Gasteiger charge is 2.27. The minimum Gasteiger partial charge on any atom is -0.406 e. The number of aryl methyl sites for hydroxylation is 1. The fourth-order valence-corrected chi connectivity index (χ4v) is 4.43. The van der Waals surface area contributed by atoms with Crippen LogP contribution in [0.2, 0.25) is 0 Å². The van der Waals surface area contributed by atoms with Crippen molar-refractivity contribution in [3.63, 3.8) is 0 Å².